The van der Waals surface area contributed by atoms with Crippen molar-refractivity contribution in [1.29, 1.82) is 0 Å². The van der Waals surface area contributed by atoms with Gasteiger partial charge in [0.1, 0.15) is 5.60 Å². The van der Waals surface area contributed by atoms with E-state index in [2.05, 4.69) is 5.32 Å². The van der Waals surface area contributed by atoms with Gasteiger partial charge in [-0.3, -0.25) is 5.32 Å². The molecule has 1 aromatic rings. The third-order valence-corrected chi connectivity index (χ3v) is 2.38. The smallest absolute Gasteiger partial charge is 0.412 e. The van der Waals surface area contributed by atoms with Crippen molar-refractivity contribution in [1.82, 2.24) is 0 Å². The van der Waals surface area contributed by atoms with E-state index >= 15 is 0 Å². The zero-order valence-electron chi connectivity index (χ0n) is 11.6. The molecule has 1 aromatic carbocycles. The number of carbonyl (C=O) groups excluding carboxylic acids is 1. The molecule has 0 saturated heterocycles. The maximum Gasteiger partial charge on any atom is 0.412 e. The summed E-state index contributed by atoms with van der Waals surface area (Å²) in [5.41, 5.74) is 1.81. The molecule has 0 heterocycles. The Hall–Kier alpha value is -1.55. The fourth-order valence-electron chi connectivity index (χ4n) is 1.45. The van der Waals surface area contributed by atoms with E-state index in [1.54, 1.807) is 13.0 Å². The molecule has 0 aliphatic rings. The van der Waals surface area contributed by atoms with Crippen LogP contribution in [0.15, 0.2) is 18.2 Å². The number of hydrogen-bond donors (Lipinski definition) is 2. The molecular formula is C14H21NO3. The molecular weight excluding hydrogens is 230 g/mol. The second-order valence-electron chi connectivity index (χ2n) is 5.38. The molecule has 100 valence electrons. The number of aliphatic hydroxyl groups excluding tert-OH is 1. The first-order valence-electron chi connectivity index (χ1n) is 5.97. The predicted octanol–water partition coefficient (Wildman–Crippen LogP) is 3.40. The first-order valence-corrected chi connectivity index (χ1v) is 5.97. The molecule has 0 radical (unpaired) electrons. The minimum absolute atomic E-state index is 0.492. The molecule has 1 atom stereocenters. The van der Waals surface area contributed by atoms with Crippen molar-refractivity contribution in [3.05, 3.63) is 29.3 Å². The van der Waals surface area contributed by atoms with Gasteiger partial charge >= 0.3 is 6.09 Å². The lowest BCUT2D eigenvalue weighted by molar-refractivity contribution is 0.0635. The van der Waals surface area contributed by atoms with Crippen LogP contribution in [0.25, 0.3) is 0 Å². The number of carbonyl (C=O) groups is 1. The van der Waals surface area contributed by atoms with Gasteiger partial charge < -0.3 is 9.84 Å². The maximum atomic E-state index is 11.7. The van der Waals surface area contributed by atoms with Crippen molar-refractivity contribution in [3.8, 4) is 0 Å². The number of aryl methyl sites for hydroxylation is 1. The highest BCUT2D eigenvalue weighted by Crippen LogP contribution is 2.22. The Balaban J connectivity index is 2.84. The van der Waals surface area contributed by atoms with E-state index < -0.39 is 17.8 Å². The van der Waals surface area contributed by atoms with Crippen molar-refractivity contribution in [3.63, 3.8) is 0 Å². The van der Waals surface area contributed by atoms with Crippen molar-refractivity contribution < 1.29 is 14.6 Å². The van der Waals surface area contributed by atoms with Crippen molar-refractivity contribution in [2.45, 2.75) is 46.3 Å². The van der Waals surface area contributed by atoms with Gasteiger partial charge in [0.05, 0.1) is 6.10 Å². The molecule has 18 heavy (non-hydrogen) atoms. The summed E-state index contributed by atoms with van der Waals surface area (Å²) in [5, 5.41) is 12.2. The molecule has 1 rings (SSSR count). The van der Waals surface area contributed by atoms with E-state index in [1.165, 1.54) is 0 Å². The van der Waals surface area contributed by atoms with Crippen LogP contribution < -0.4 is 5.32 Å². The summed E-state index contributed by atoms with van der Waals surface area (Å²) in [6, 6.07) is 5.44. The summed E-state index contributed by atoms with van der Waals surface area (Å²) < 4.78 is 5.18. The largest absolute Gasteiger partial charge is 0.444 e. The van der Waals surface area contributed by atoms with Gasteiger partial charge in [0, 0.05) is 5.69 Å². The maximum absolute atomic E-state index is 11.7. The summed E-state index contributed by atoms with van der Waals surface area (Å²) >= 11 is 0. The molecule has 0 aliphatic carbocycles. The summed E-state index contributed by atoms with van der Waals surface area (Å²) in [7, 11) is 0. The van der Waals surface area contributed by atoms with E-state index in [-0.39, 0.29) is 0 Å². The summed E-state index contributed by atoms with van der Waals surface area (Å²) in [6.07, 6.45) is -1.06. The van der Waals surface area contributed by atoms with Gasteiger partial charge in [-0.15, -0.1) is 0 Å². The minimum atomic E-state index is -0.565. The Morgan fingerprint density at radius 2 is 2.00 bits per heavy atom. The average Bonchev–Trinajstić information content (AvgIpc) is 2.18. The Bertz CT molecular complexity index is 433. The van der Waals surface area contributed by atoms with Crippen LogP contribution in [0.5, 0.6) is 0 Å². The molecule has 0 aliphatic heterocycles. The molecule has 4 nitrogen and oxygen atoms in total. The lowest BCUT2D eigenvalue weighted by Crippen LogP contribution is -2.27. The van der Waals surface area contributed by atoms with Crippen LogP contribution in [0.2, 0.25) is 0 Å². The van der Waals surface area contributed by atoms with Crippen molar-refractivity contribution in [2.24, 2.45) is 0 Å². The molecule has 0 saturated carbocycles. The minimum Gasteiger partial charge on any atom is -0.444 e. The first-order chi connectivity index (χ1) is 8.19. The van der Waals surface area contributed by atoms with Gasteiger partial charge in [0.15, 0.2) is 0 Å². The SMILES string of the molecule is Cc1ccc(C(C)O)cc1NC(=O)OC(C)(C)C. The molecule has 0 bridgehead atoms. The molecule has 1 amide bonds. The monoisotopic (exact) mass is 251 g/mol. The van der Waals surface area contributed by atoms with Crippen LogP contribution in [-0.4, -0.2) is 16.8 Å². The third-order valence-electron chi connectivity index (χ3n) is 2.38. The number of ether oxygens (including phenoxy) is 1. The van der Waals surface area contributed by atoms with Gasteiger partial charge in [0.2, 0.25) is 0 Å². The van der Waals surface area contributed by atoms with E-state index in [1.807, 2.05) is 39.8 Å². The second kappa shape index (κ2) is 5.40. The lowest BCUT2D eigenvalue weighted by atomic mass is 10.1. The average molecular weight is 251 g/mol. The summed E-state index contributed by atoms with van der Waals surface area (Å²) in [4.78, 5) is 11.7. The molecule has 0 fully saturated rings. The number of rotatable bonds is 2. The van der Waals surface area contributed by atoms with Crippen LogP contribution in [-0.2, 0) is 4.74 Å². The van der Waals surface area contributed by atoms with Crippen molar-refractivity contribution in [2.75, 3.05) is 5.32 Å². The van der Waals surface area contributed by atoms with E-state index in [9.17, 15) is 9.90 Å². The number of anilines is 1. The number of nitrogens with one attached hydrogen (secondary N) is 1. The van der Waals surface area contributed by atoms with Crippen LogP contribution >= 0.6 is 0 Å². The quantitative estimate of drug-likeness (QED) is 0.847. The molecule has 2 N–H and O–H groups in total. The van der Waals surface area contributed by atoms with E-state index in [0.717, 1.165) is 11.1 Å². The molecule has 4 heteroatoms. The Labute approximate surface area is 108 Å². The highest BCUT2D eigenvalue weighted by Gasteiger charge is 2.17. The van der Waals surface area contributed by atoms with Crippen LogP contribution in [0.1, 0.15) is 44.9 Å². The zero-order valence-corrected chi connectivity index (χ0v) is 11.6. The summed E-state index contributed by atoms with van der Waals surface area (Å²) in [6.45, 7) is 9.00. The first kappa shape index (κ1) is 14.5. The molecule has 0 aromatic heterocycles. The van der Waals surface area contributed by atoms with Gasteiger partial charge in [-0.25, -0.2) is 4.79 Å². The number of amides is 1. The fraction of sp³-hybridized carbons (Fsp3) is 0.500. The van der Waals surface area contributed by atoms with E-state index in [4.69, 9.17) is 4.74 Å². The summed E-state index contributed by atoms with van der Waals surface area (Å²) in [5.74, 6) is 0. The standard InChI is InChI=1S/C14H21NO3/c1-9-6-7-11(10(2)16)8-12(9)15-13(17)18-14(3,4)5/h6-8,10,16H,1-5H3,(H,15,17). The lowest BCUT2D eigenvalue weighted by Gasteiger charge is -2.20. The van der Waals surface area contributed by atoms with Gasteiger partial charge in [-0.2, -0.15) is 0 Å². The van der Waals surface area contributed by atoms with Gasteiger partial charge in [0.25, 0.3) is 0 Å². The second-order valence-corrected chi connectivity index (χ2v) is 5.38. The normalized spacial score (nSPS) is 13.0. The Morgan fingerprint density at radius 3 is 2.50 bits per heavy atom. The molecule has 1 unspecified atom stereocenters. The Morgan fingerprint density at radius 1 is 1.39 bits per heavy atom. The van der Waals surface area contributed by atoms with E-state index in [0.29, 0.717) is 5.69 Å². The van der Waals surface area contributed by atoms with Gasteiger partial charge in [-0.05, 0) is 51.8 Å². The highest BCUT2D eigenvalue weighted by molar-refractivity contribution is 5.86. The predicted molar refractivity (Wildman–Crippen MR) is 71.7 cm³/mol. The van der Waals surface area contributed by atoms with Gasteiger partial charge in [-0.1, -0.05) is 12.1 Å². The number of hydrogen-bond acceptors (Lipinski definition) is 3. The topological polar surface area (TPSA) is 58.6 Å². The zero-order chi connectivity index (χ0) is 13.9. The number of aliphatic hydroxyl groups is 1. The molecule has 0 spiro atoms. The fourth-order valence-corrected chi connectivity index (χ4v) is 1.45. The van der Waals surface area contributed by atoms with Crippen LogP contribution in [0.4, 0.5) is 10.5 Å². The number of benzene rings is 1. The van der Waals surface area contributed by atoms with Crippen molar-refractivity contribution >= 4 is 11.8 Å². The van der Waals surface area contributed by atoms with Crippen LogP contribution in [0, 0.1) is 6.92 Å². The Kier molecular flexibility index (Phi) is 4.35. The third kappa shape index (κ3) is 4.37. The van der Waals surface area contributed by atoms with Crippen LogP contribution in [0.3, 0.4) is 0 Å². The highest BCUT2D eigenvalue weighted by atomic mass is 16.6.